The van der Waals surface area contributed by atoms with E-state index >= 15 is 0 Å². The van der Waals surface area contributed by atoms with Gasteiger partial charge in [-0.15, -0.1) is 0 Å². The van der Waals surface area contributed by atoms with E-state index in [-0.39, 0.29) is 11.4 Å². The zero-order chi connectivity index (χ0) is 13.8. The standard InChI is InChI=1S/C10H11F3N2O3/c1-18-7-2-3-9(15(16)17)8(6-7)14-5-4-10(11,12)13/h2-3,6,14H,4-5H2,1H3. The second kappa shape index (κ2) is 5.56. The van der Waals surface area contributed by atoms with Crippen molar-refractivity contribution in [3.63, 3.8) is 0 Å². The maximum Gasteiger partial charge on any atom is 0.390 e. The van der Waals surface area contributed by atoms with Crippen LogP contribution < -0.4 is 10.1 Å². The fraction of sp³-hybridized carbons (Fsp3) is 0.400. The molecule has 0 aliphatic carbocycles. The van der Waals surface area contributed by atoms with Crippen molar-refractivity contribution in [1.82, 2.24) is 0 Å². The second-order valence-electron chi connectivity index (χ2n) is 3.43. The summed E-state index contributed by atoms with van der Waals surface area (Å²) in [4.78, 5) is 10.0. The van der Waals surface area contributed by atoms with Gasteiger partial charge in [-0.1, -0.05) is 0 Å². The number of nitrogens with one attached hydrogen (secondary N) is 1. The van der Waals surface area contributed by atoms with Crippen LogP contribution in [0.3, 0.4) is 0 Å². The Morgan fingerprint density at radius 1 is 1.44 bits per heavy atom. The number of nitro benzene ring substituents is 1. The van der Waals surface area contributed by atoms with E-state index < -0.39 is 24.1 Å². The molecule has 0 aliphatic heterocycles. The van der Waals surface area contributed by atoms with Crippen LogP contribution in [0.15, 0.2) is 18.2 Å². The molecule has 0 amide bonds. The van der Waals surface area contributed by atoms with E-state index in [1.807, 2.05) is 0 Å². The van der Waals surface area contributed by atoms with Crippen LogP contribution in [0.1, 0.15) is 6.42 Å². The third-order valence-electron chi connectivity index (χ3n) is 2.12. The molecule has 1 N–H and O–H groups in total. The lowest BCUT2D eigenvalue weighted by Gasteiger charge is -2.10. The topological polar surface area (TPSA) is 64.4 Å². The first-order valence-electron chi connectivity index (χ1n) is 4.96. The molecule has 0 aliphatic rings. The van der Waals surface area contributed by atoms with E-state index in [0.717, 1.165) is 0 Å². The number of anilines is 1. The zero-order valence-electron chi connectivity index (χ0n) is 9.45. The summed E-state index contributed by atoms with van der Waals surface area (Å²) >= 11 is 0. The van der Waals surface area contributed by atoms with E-state index in [9.17, 15) is 23.3 Å². The molecular formula is C10H11F3N2O3. The summed E-state index contributed by atoms with van der Waals surface area (Å²) in [6.45, 7) is -0.433. The fourth-order valence-electron chi connectivity index (χ4n) is 1.28. The van der Waals surface area contributed by atoms with Crippen molar-refractivity contribution in [1.29, 1.82) is 0 Å². The Morgan fingerprint density at radius 2 is 2.11 bits per heavy atom. The number of alkyl halides is 3. The Kier molecular flexibility index (Phi) is 4.35. The third-order valence-corrected chi connectivity index (χ3v) is 2.12. The molecule has 1 rings (SSSR count). The first kappa shape index (κ1) is 14.1. The number of halogens is 3. The highest BCUT2D eigenvalue weighted by Gasteiger charge is 2.26. The number of hydrogen-bond donors (Lipinski definition) is 1. The van der Waals surface area contributed by atoms with Crippen molar-refractivity contribution in [2.24, 2.45) is 0 Å². The highest BCUT2D eigenvalue weighted by atomic mass is 19.4. The minimum atomic E-state index is -4.30. The maximum absolute atomic E-state index is 12.0. The Balaban J connectivity index is 2.81. The van der Waals surface area contributed by atoms with Gasteiger partial charge in [-0.25, -0.2) is 0 Å². The van der Waals surface area contributed by atoms with E-state index in [0.29, 0.717) is 5.75 Å². The van der Waals surface area contributed by atoms with Crippen molar-refractivity contribution in [3.8, 4) is 5.75 Å². The van der Waals surface area contributed by atoms with Gasteiger partial charge in [0.1, 0.15) is 11.4 Å². The van der Waals surface area contributed by atoms with Crippen LogP contribution in [-0.4, -0.2) is 24.8 Å². The monoisotopic (exact) mass is 264 g/mol. The number of ether oxygens (including phenoxy) is 1. The molecule has 0 saturated heterocycles. The molecule has 0 atom stereocenters. The molecule has 5 nitrogen and oxygen atoms in total. The Labute approximate surface area is 101 Å². The predicted octanol–water partition coefficient (Wildman–Crippen LogP) is 2.97. The van der Waals surface area contributed by atoms with E-state index in [1.165, 1.54) is 25.3 Å². The molecule has 0 aromatic heterocycles. The van der Waals surface area contributed by atoms with Crippen LogP contribution in [0, 0.1) is 10.1 Å². The van der Waals surface area contributed by atoms with Crippen LogP contribution in [-0.2, 0) is 0 Å². The van der Waals surface area contributed by atoms with E-state index in [4.69, 9.17) is 4.74 Å². The minimum Gasteiger partial charge on any atom is -0.497 e. The van der Waals surface area contributed by atoms with Crippen molar-refractivity contribution in [3.05, 3.63) is 28.3 Å². The fourth-order valence-corrected chi connectivity index (χ4v) is 1.28. The average Bonchev–Trinajstić information content (AvgIpc) is 2.26. The molecule has 1 aromatic rings. The van der Waals surface area contributed by atoms with Gasteiger partial charge in [0.05, 0.1) is 18.5 Å². The minimum absolute atomic E-state index is 0.00333. The van der Waals surface area contributed by atoms with Crippen molar-refractivity contribution >= 4 is 11.4 Å². The molecule has 18 heavy (non-hydrogen) atoms. The number of nitrogens with zero attached hydrogens (tertiary/aromatic N) is 1. The molecule has 0 saturated carbocycles. The van der Waals surface area contributed by atoms with E-state index in [1.54, 1.807) is 0 Å². The van der Waals surface area contributed by atoms with Gasteiger partial charge in [0.25, 0.3) is 5.69 Å². The summed E-state index contributed by atoms with van der Waals surface area (Å²) in [6, 6.07) is 3.83. The molecule has 0 unspecified atom stereocenters. The molecule has 0 bridgehead atoms. The molecular weight excluding hydrogens is 253 g/mol. The highest BCUT2D eigenvalue weighted by molar-refractivity contribution is 5.64. The average molecular weight is 264 g/mol. The molecule has 0 radical (unpaired) electrons. The first-order chi connectivity index (χ1) is 8.33. The van der Waals surface area contributed by atoms with Gasteiger partial charge in [0.2, 0.25) is 0 Å². The first-order valence-corrected chi connectivity index (χ1v) is 4.96. The molecule has 0 heterocycles. The summed E-state index contributed by atoms with van der Waals surface area (Å²) in [6.07, 6.45) is -5.37. The highest BCUT2D eigenvalue weighted by Crippen LogP contribution is 2.29. The summed E-state index contributed by atoms with van der Waals surface area (Å²) in [7, 11) is 1.36. The normalized spacial score (nSPS) is 11.1. The van der Waals surface area contributed by atoms with Gasteiger partial charge in [-0.3, -0.25) is 10.1 Å². The lowest BCUT2D eigenvalue weighted by atomic mass is 10.2. The van der Waals surface area contributed by atoms with Gasteiger partial charge in [0, 0.05) is 18.7 Å². The lowest BCUT2D eigenvalue weighted by molar-refractivity contribution is -0.384. The van der Waals surface area contributed by atoms with Crippen LogP contribution in [0.2, 0.25) is 0 Å². The van der Waals surface area contributed by atoms with Gasteiger partial charge in [0.15, 0.2) is 0 Å². The number of nitro groups is 1. The molecule has 0 spiro atoms. The zero-order valence-corrected chi connectivity index (χ0v) is 9.45. The third kappa shape index (κ3) is 4.11. The second-order valence-corrected chi connectivity index (χ2v) is 3.43. The summed E-state index contributed by atoms with van der Waals surface area (Å²) in [5.41, 5.74) is -0.290. The van der Waals surface area contributed by atoms with Gasteiger partial charge in [-0.05, 0) is 6.07 Å². The van der Waals surface area contributed by atoms with Crippen LogP contribution in [0.4, 0.5) is 24.5 Å². The van der Waals surface area contributed by atoms with Gasteiger partial charge >= 0.3 is 6.18 Å². The van der Waals surface area contributed by atoms with Crippen LogP contribution in [0.25, 0.3) is 0 Å². The Morgan fingerprint density at radius 3 is 2.61 bits per heavy atom. The van der Waals surface area contributed by atoms with Crippen molar-refractivity contribution < 1.29 is 22.8 Å². The maximum atomic E-state index is 12.0. The number of hydrogen-bond acceptors (Lipinski definition) is 4. The smallest absolute Gasteiger partial charge is 0.390 e. The summed E-state index contributed by atoms with van der Waals surface area (Å²) < 4.78 is 40.7. The van der Waals surface area contributed by atoms with Gasteiger partial charge in [-0.2, -0.15) is 13.2 Å². The number of rotatable bonds is 5. The number of methoxy groups -OCH3 is 1. The molecule has 8 heteroatoms. The Hall–Kier alpha value is -1.99. The predicted molar refractivity (Wildman–Crippen MR) is 58.8 cm³/mol. The van der Waals surface area contributed by atoms with Crippen LogP contribution >= 0.6 is 0 Å². The van der Waals surface area contributed by atoms with Crippen LogP contribution in [0.5, 0.6) is 5.75 Å². The summed E-state index contributed by atoms with van der Waals surface area (Å²) in [5.74, 6) is 0.329. The number of benzene rings is 1. The molecule has 1 aromatic carbocycles. The Bertz CT molecular complexity index is 435. The van der Waals surface area contributed by atoms with Gasteiger partial charge < -0.3 is 10.1 Å². The van der Waals surface area contributed by atoms with Crippen molar-refractivity contribution in [2.75, 3.05) is 19.0 Å². The summed E-state index contributed by atoms with van der Waals surface area (Å²) in [5, 5.41) is 13.1. The molecule has 0 fully saturated rings. The van der Waals surface area contributed by atoms with E-state index in [2.05, 4.69) is 5.32 Å². The SMILES string of the molecule is COc1ccc([N+](=O)[O-])c(NCCC(F)(F)F)c1. The molecule has 100 valence electrons. The largest absolute Gasteiger partial charge is 0.497 e. The quantitative estimate of drug-likeness (QED) is 0.656. The lowest BCUT2D eigenvalue weighted by Crippen LogP contribution is -2.15. The van der Waals surface area contributed by atoms with Crippen molar-refractivity contribution in [2.45, 2.75) is 12.6 Å².